The molecule has 3 N–H and O–H groups in total. The fraction of sp³-hybridized carbons (Fsp3) is 0.263. The summed E-state index contributed by atoms with van der Waals surface area (Å²) in [4.78, 5) is 18.1. The molecule has 1 aromatic carbocycles. The normalized spacial score (nSPS) is 14.3. The van der Waals surface area contributed by atoms with Gasteiger partial charge in [0, 0.05) is 37.1 Å². The highest BCUT2D eigenvalue weighted by Gasteiger charge is 2.37. The fourth-order valence-electron chi connectivity index (χ4n) is 3.16. The molecule has 7 nitrogen and oxygen atoms in total. The van der Waals surface area contributed by atoms with Gasteiger partial charge in [0.25, 0.3) is 0 Å². The van der Waals surface area contributed by atoms with Gasteiger partial charge in [-0.25, -0.2) is 18.6 Å². The van der Waals surface area contributed by atoms with Crippen LogP contribution in [-0.2, 0) is 12.6 Å². The summed E-state index contributed by atoms with van der Waals surface area (Å²) in [7, 11) is 0. The van der Waals surface area contributed by atoms with Crippen LogP contribution in [0.15, 0.2) is 30.3 Å². The first kappa shape index (κ1) is 21.9. The molecule has 0 aliphatic carbocycles. The molecule has 1 fully saturated rings. The van der Waals surface area contributed by atoms with Gasteiger partial charge in [-0.3, -0.25) is 5.32 Å². The number of pyridine rings is 1. The van der Waals surface area contributed by atoms with E-state index in [0.717, 1.165) is 12.1 Å². The first-order chi connectivity index (χ1) is 15.1. The minimum Gasteiger partial charge on any atom is -0.396 e. The van der Waals surface area contributed by atoms with Gasteiger partial charge in [-0.1, -0.05) is 11.3 Å². The molecule has 2 amide bonds. The summed E-state index contributed by atoms with van der Waals surface area (Å²) in [5, 5.41) is 8.49. The van der Waals surface area contributed by atoms with Gasteiger partial charge >= 0.3 is 12.2 Å². The Hall–Kier alpha value is -3.35. The van der Waals surface area contributed by atoms with E-state index in [2.05, 4.69) is 20.5 Å². The number of urea groups is 1. The number of anilines is 2. The Labute approximate surface area is 182 Å². The number of nitrogens with two attached hydrogens (primary N) is 1. The second kappa shape index (κ2) is 8.30. The third-order valence-electron chi connectivity index (χ3n) is 4.78. The zero-order chi connectivity index (χ0) is 23.0. The van der Waals surface area contributed by atoms with Crippen molar-refractivity contribution in [2.24, 2.45) is 5.92 Å². The molecule has 2 aromatic heterocycles. The van der Waals surface area contributed by atoms with Crippen LogP contribution in [0.4, 0.5) is 38.3 Å². The van der Waals surface area contributed by atoms with E-state index < -0.39 is 28.8 Å². The molecule has 3 heterocycles. The SMILES string of the molecule is Nc1ccc(-c2ccc(F)cc2F)nc1NC(=O)N1CC(Cc2nnc(C(F)(F)F)s2)C1. The van der Waals surface area contributed by atoms with Crippen LogP contribution >= 0.6 is 11.3 Å². The zero-order valence-electron chi connectivity index (χ0n) is 16.2. The molecule has 32 heavy (non-hydrogen) atoms. The summed E-state index contributed by atoms with van der Waals surface area (Å²) in [6.07, 6.45) is -4.25. The maximum Gasteiger partial charge on any atom is 0.445 e. The summed E-state index contributed by atoms with van der Waals surface area (Å²) >= 11 is 0.486. The summed E-state index contributed by atoms with van der Waals surface area (Å²) in [6, 6.07) is 5.41. The topological polar surface area (TPSA) is 97.0 Å². The quantitative estimate of drug-likeness (QED) is 0.558. The van der Waals surface area contributed by atoms with Crippen LogP contribution in [0.25, 0.3) is 11.3 Å². The van der Waals surface area contributed by atoms with Crippen molar-refractivity contribution in [1.29, 1.82) is 0 Å². The third-order valence-corrected chi connectivity index (χ3v) is 5.77. The number of rotatable bonds is 4. The molecule has 0 bridgehead atoms. The molecule has 1 aliphatic heterocycles. The van der Waals surface area contributed by atoms with E-state index in [4.69, 9.17) is 5.73 Å². The van der Waals surface area contributed by atoms with Crippen molar-refractivity contribution < 1.29 is 26.7 Å². The summed E-state index contributed by atoms with van der Waals surface area (Å²) in [5.41, 5.74) is 6.20. The number of halogens is 5. The van der Waals surface area contributed by atoms with Crippen LogP contribution in [-0.4, -0.2) is 39.2 Å². The highest BCUT2D eigenvalue weighted by Crippen LogP contribution is 2.33. The maximum atomic E-state index is 14.0. The van der Waals surface area contributed by atoms with Crippen LogP contribution < -0.4 is 11.1 Å². The van der Waals surface area contributed by atoms with E-state index in [0.29, 0.717) is 24.4 Å². The second-order valence-electron chi connectivity index (χ2n) is 7.16. The molecular formula is C19H15F5N6OS. The van der Waals surface area contributed by atoms with Crippen molar-refractivity contribution in [1.82, 2.24) is 20.1 Å². The number of likely N-dealkylation sites (tertiary alicyclic amines) is 1. The van der Waals surface area contributed by atoms with Crippen molar-refractivity contribution in [3.63, 3.8) is 0 Å². The van der Waals surface area contributed by atoms with Gasteiger partial charge in [0.15, 0.2) is 5.82 Å². The lowest BCUT2D eigenvalue weighted by Crippen LogP contribution is -2.52. The number of amides is 2. The molecular weight excluding hydrogens is 455 g/mol. The molecule has 0 saturated carbocycles. The number of alkyl halides is 3. The molecule has 0 unspecified atom stereocenters. The first-order valence-corrected chi connectivity index (χ1v) is 10.1. The van der Waals surface area contributed by atoms with E-state index in [-0.39, 0.29) is 40.1 Å². The van der Waals surface area contributed by atoms with Gasteiger partial charge in [-0.05, 0) is 24.3 Å². The molecule has 1 aliphatic rings. The van der Waals surface area contributed by atoms with E-state index in [1.165, 1.54) is 23.1 Å². The van der Waals surface area contributed by atoms with Crippen molar-refractivity contribution in [3.8, 4) is 11.3 Å². The first-order valence-electron chi connectivity index (χ1n) is 9.27. The number of nitrogens with one attached hydrogen (secondary N) is 1. The Morgan fingerprint density at radius 3 is 2.59 bits per heavy atom. The zero-order valence-corrected chi connectivity index (χ0v) is 17.0. The predicted octanol–water partition coefficient (Wildman–Crippen LogP) is 4.19. The molecule has 0 spiro atoms. The average molecular weight is 470 g/mol. The largest absolute Gasteiger partial charge is 0.445 e. The van der Waals surface area contributed by atoms with E-state index in [1.54, 1.807) is 0 Å². The van der Waals surface area contributed by atoms with Gasteiger partial charge in [0.05, 0.1) is 11.4 Å². The van der Waals surface area contributed by atoms with E-state index in [9.17, 15) is 26.7 Å². The van der Waals surface area contributed by atoms with Crippen molar-refractivity contribution in [3.05, 3.63) is 52.0 Å². The second-order valence-corrected chi connectivity index (χ2v) is 8.22. The number of nitrogen functional groups attached to an aromatic ring is 1. The van der Waals surface area contributed by atoms with Gasteiger partial charge < -0.3 is 10.6 Å². The fourth-order valence-corrected chi connectivity index (χ4v) is 3.98. The monoisotopic (exact) mass is 470 g/mol. The number of nitrogens with zero attached hydrogens (tertiary/aromatic N) is 4. The number of benzene rings is 1. The third kappa shape index (κ3) is 4.61. The van der Waals surface area contributed by atoms with Crippen molar-refractivity contribution >= 4 is 28.9 Å². The van der Waals surface area contributed by atoms with E-state index >= 15 is 0 Å². The van der Waals surface area contributed by atoms with Crippen molar-refractivity contribution in [2.45, 2.75) is 12.6 Å². The smallest absolute Gasteiger partial charge is 0.396 e. The number of hydrogen-bond acceptors (Lipinski definition) is 6. The average Bonchev–Trinajstić information content (AvgIpc) is 3.15. The van der Waals surface area contributed by atoms with Crippen LogP contribution in [0.5, 0.6) is 0 Å². The molecule has 4 rings (SSSR count). The lowest BCUT2D eigenvalue weighted by atomic mass is 9.97. The Kier molecular flexibility index (Phi) is 5.67. The Balaban J connectivity index is 1.37. The highest BCUT2D eigenvalue weighted by molar-refractivity contribution is 7.11. The van der Waals surface area contributed by atoms with Crippen molar-refractivity contribution in [2.75, 3.05) is 24.1 Å². The minimum absolute atomic E-state index is 0.0126. The molecule has 3 aromatic rings. The molecule has 0 radical (unpaired) electrons. The predicted molar refractivity (Wildman–Crippen MR) is 107 cm³/mol. The van der Waals surface area contributed by atoms with Crippen LogP contribution in [0.3, 0.4) is 0 Å². The summed E-state index contributed by atoms with van der Waals surface area (Å²) in [6.45, 7) is 0.609. The summed E-state index contributed by atoms with van der Waals surface area (Å²) < 4.78 is 65.0. The Morgan fingerprint density at radius 2 is 1.94 bits per heavy atom. The lowest BCUT2D eigenvalue weighted by Gasteiger charge is -2.38. The minimum atomic E-state index is -4.53. The molecule has 0 atom stereocenters. The lowest BCUT2D eigenvalue weighted by molar-refractivity contribution is -0.138. The maximum absolute atomic E-state index is 14.0. The Morgan fingerprint density at radius 1 is 1.19 bits per heavy atom. The highest BCUT2D eigenvalue weighted by atomic mass is 32.1. The molecule has 13 heteroatoms. The van der Waals surface area contributed by atoms with Crippen LogP contribution in [0, 0.1) is 17.6 Å². The van der Waals surface area contributed by atoms with Gasteiger partial charge in [-0.15, -0.1) is 10.2 Å². The number of aromatic nitrogens is 3. The van der Waals surface area contributed by atoms with E-state index in [1.807, 2.05) is 0 Å². The van der Waals surface area contributed by atoms with Gasteiger partial charge in [0.2, 0.25) is 5.01 Å². The Bertz CT molecular complexity index is 1160. The molecule has 168 valence electrons. The van der Waals surface area contributed by atoms with Crippen LogP contribution in [0.1, 0.15) is 10.0 Å². The number of carbonyl (C=O) groups is 1. The number of carbonyl (C=O) groups excluding carboxylic acids is 1. The molecule has 1 saturated heterocycles. The van der Waals surface area contributed by atoms with Crippen LogP contribution in [0.2, 0.25) is 0 Å². The van der Waals surface area contributed by atoms with Gasteiger partial charge in [-0.2, -0.15) is 13.2 Å². The number of hydrogen-bond donors (Lipinski definition) is 2. The van der Waals surface area contributed by atoms with Gasteiger partial charge in [0.1, 0.15) is 16.6 Å². The summed E-state index contributed by atoms with van der Waals surface area (Å²) in [5.74, 6) is -1.58. The standard InChI is InChI=1S/C19H15F5N6OS/c20-10-1-2-11(12(21)6-10)14-4-3-13(25)16(26-14)27-18(31)30-7-9(8-30)5-15-28-29-17(32-15)19(22,23)24/h1-4,6,9H,5,7-8,25H2,(H,26,27,31).